The number of carbonyl (C=O) groups is 4. The molecule has 0 aliphatic carbocycles. The van der Waals surface area contributed by atoms with Crippen LogP contribution in [0.5, 0.6) is 5.75 Å². The maximum absolute atomic E-state index is 13.4. The molecule has 5 aromatic rings. The molecule has 0 radical (unpaired) electrons. The van der Waals surface area contributed by atoms with Crippen molar-refractivity contribution in [3.63, 3.8) is 0 Å². The van der Waals surface area contributed by atoms with Gasteiger partial charge in [-0.15, -0.1) is 0 Å². The lowest BCUT2D eigenvalue weighted by Crippen LogP contribution is -2.53. The zero-order valence-electron chi connectivity index (χ0n) is 31.9. The summed E-state index contributed by atoms with van der Waals surface area (Å²) in [5, 5.41) is 17.0. The molecule has 3 heterocycles. The average molecular weight is 753 g/mol. The molecular formula is C40H48N8O7. The van der Waals surface area contributed by atoms with Crippen LogP contribution in [0.1, 0.15) is 64.7 Å². The molecule has 1 aliphatic rings. The van der Waals surface area contributed by atoms with Crippen molar-refractivity contribution in [1.82, 2.24) is 40.4 Å². The number of methoxy groups -OCH3 is 1. The molecule has 2 unspecified atom stereocenters. The van der Waals surface area contributed by atoms with Crippen molar-refractivity contribution >= 4 is 46.1 Å². The lowest BCUT2D eigenvalue weighted by atomic mass is 9.92. The fourth-order valence-corrected chi connectivity index (χ4v) is 6.87. The Kier molecular flexibility index (Phi) is 11.7. The van der Waals surface area contributed by atoms with E-state index < -0.39 is 18.2 Å². The first-order valence-corrected chi connectivity index (χ1v) is 18.5. The first-order chi connectivity index (χ1) is 26.5. The van der Waals surface area contributed by atoms with Crippen molar-refractivity contribution in [2.45, 2.75) is 91.4 Å². The maximum Gasteiger partial charge on any atom is 0.407 e. The molecule has 0 spiro atoms. The molecule has 6 rings (SSSR count). The number of benzene rings is 3. The third-order valence-electron chi connectivity index (χ3n) is 10.4. The number of aliphatic hydroxyl groups is 1. The molecule has 0 saturated carbocycles. The van der Waals surface area contributed by atoms with Gasteiger partial charge in [0.25, 0.3) is 0 Å². The highest BCUT2D eigenvalue weighted by Crippen LogP contribution is 2.42. The van der Waals surface area contributed by atoms with Crippen LogP contribution in [0.4, 0.5) is 4.79 Å². The Morgan fingerprint density at radius 3 is 2.44 bits per heavy atom. The number of fused-ring (bicyclic) bond motifs is 6. The monoisotopic (exact) mass is 752 g/mol. The van der Waals surface area contributed by atoms with Gasteiger partial charge < -0.3 is 45.0 Å². The summed E-state index contributed by atoms with van der Waals surface area (Å²) in [5.74, 6) is 1.34. The smallest absolute Gasteiger partial charge is 0.407 e. The van der Waals surface area contributed by atoms with Gasteiger partial charge in [0.05, 0.1) is 49.2 Å². The number of aromatic nitrogens is 4. The quantitative estimate of drug-likeness (QED) is 0.0937. The summed E-state index contributed by atoms with van der Waals surface area (Å²) in [6.45, 7) is 9.94. The van der Waals surface area contributed by atoms with Crippen LogP contribution < -0.4 is 15.4 Å². The van der Waals surface area contributed by atoms with E-state index in [9.17, 15) is 24.3 Å². The van der Waals surface area contributed by atoms with Crippen molar-refractivity contribution in [2.75, 3.05) is 13.7 Å². The largest absolute Gasteiger partial charge is 0.488 e. The van der Waals surface area contributed by atoms with Crippen LogP contribution in [0.2, 0.25) is 0 Å². The molecule has 2 aromatic heterocycles. The van der Waals surface area contributed by atoms with Gasteiger partial charge >= 0.3 is 6.09 Å². The molecule has 4 amide bonds. The number of ether oxygens (including phenoxy) is 2. The minimum atomic E-state index is -1.06. The number of amides is 4. The molecule has 55 heavy (non-hydrogen) atoms. The maximum atomic E-state index is 13.4. The van der Waals surface area contributed by atoms with Gasteiger partial charge in [0, 0.05) is 23.0 Å². The van der Waals surface area contributed by atoms with E-state index in [1.807, 2.05) is 52.0 Å². The third-order valence-corrected chi connectivity index (χ3v) is 10.4. The van der Waals surface area contributed by atoms with Gasteiger partial charge in [0.2, 0.25) is 18.2 Å². The first kappa shape index (κ1) is 38.8. The molecule has 0 saturated heterocycles. The number of H-pyrrole nitrogens is 2. The predicted molar refractivity (Wildman–Crippen MR) is 207 cm³/mol. The Labute approximate surface area is 318 Å². The number of nitrogens with one attached hydrogen (secondary N) is 4. The van der Waals surface area contributed by atoms with E-state index in [4.69, 9.17) is 9.72 Å². The lowest BCUT2D eigenvalue weighted by molar-refractivity contribution is -0.140. The normalized spacial score (nSPS) is 14.2. The topological polar surface area (TPSA) is 195 Å². The number of aliphatic hydroxyl groups excluding tert-OH is 1. The standard InChI is InChI=1S/C40H48N8O7/c1-7-22(3)47(36(51)17-42-40(53)54-6)19-35-44-31-12-10-25-14-30-28-11-9-26(13-27(28)20-55-33(30)15-29(25)38(31)46-35)32-16-41-34(45-32)18-48(23(4)8-2)39(52)37(24(5)50)43-21-49/h9-16,21-24,37,50H,7-8,17-20H2,1-6H3,(H,41,45)(H,42,53)(H,43,49)(H,44,46)/t22-,23-,24?,37?/m0/s1. The van der Waals surface area contributed by atoms with Crippen LogP contribution in [-0.4, -0.2) is 97.0 Å². The molecule has 15 heteroatoms. The Morgan fingerprint density at radius 1 is 0.982 bits per heavy atom. The average Bonchev–Trinajstić information content (AvgIpc) is 3.85. The Hall–Kier alpha value is -5.96. The number of alkyl carbamates (subject to hydrolysis) is 1. The Bertz CT molecular complexity index is 2210. The van der Waals surface area contributed by atoms with Crippen LogP contribution in [0.15, 0.2) is 48.7 Å². The van der Waals surface area contributed by atoms with Gasteiger partial charge in [-0.3, -0.25) is 14.4 Å². The summed E-state index contributed by atoms with van der Waals surface area (Å²) in [6, 6.07) is 13.0. The summed E-state index contributed by atoms with van der Waals surface area (Å²) in [5.41, 5.74) is 6.34. The minimum absolute atomic E-state index is 0.0777. The van der Waals surface area contributed by atoms with Crippen LogP contribution in [0.25, 0.3) is 44.2 Å². The molecule has 5 N–H and O–H groups in total. The predicted octanol–water partition coefficient (Wildman–Crippen LogP) is 4.77. The fraction of sp³-hybridized carbons (Fsp3) is 0.400. The van der Waals surface area contributed by atoms with Gasteiger partial charge in [-0.1, -0.05) is 32.0 Å². The number of hydrogen-bond donors (Lipinski definition) is 5. The van der Waals surface area contributed by atoms with Gasteiger partial charge in [0.15, 0.2) is 0 Å². The Morgan fingerprint density at radius 2 is 1.73 bits per heavy atom. The first-order valence-electron chi connectivity index (χ1n) is 18.5. The fourth-order valence-electron chi connectivity index (χ4n) is 6.87. The summed E-state index contributed by atoms with van der Waals surface area (Å²) >= 11 is 0. The third kappa shape index (κ3) is 8.11. The van der Waals surface area contributed by atoms with E-state index in [-0.39, 0.29) is 43.5 Å². The number of nitrogens with zero attached hydrogens (tertiary/aromatic N) is 4. The summed E-state index contributed by atoms with van der Waals surface area (Å²) < 4.78 is 10.9. The van der Waals surface area contributed by atoms with E-state index in [1.165, 1.54) is 14.0 Å². The highest BCUT2D eigenvalue weighted by atomic mass is 16.5. The van der Waals surface area contributed by atoms with Gasteiger partial charge in [-0.2, -0.15) is 0 Å². The minimum Gasteiger partial charge on any atom is -0.488 e. The van der Waals surface area contributed by atoms with Crippen molar-refractivity contribution in [3.8, 4) is 28.1 Å². The van der Waals surface area contributed by atoms with Gasteiger partial charge in [-0.25, -0.2) is 14.8 Å². The summed E-state index contributed by atoms with van der Waals surface area (Å²) in [7, 11) is 1.26. The number of carbonyl (C=O) groups excluding carboxylic acids is 4. The molecule has 0 fully saturated rings. The molecule has 15 nitrogen and oxygen atoms in total. The molecule has 4 atom stereocenters. The zero-order chi connectivity index (χ0) is 39.4. The Balaban J connectivity index is 1.23. The second-order valence-electron chi connectivity index (χ2n) is 14.0. The second-order valence-corrected chi connectivity index (χ2v) is 14.0. The van der Waals surface area contributed by atoms with E-state index in [2.05, 4.69) is 48.5 Å². The van der Waals surface area contributed by atoms with Crippen molar-refractivity contribution in [1.29, 1.82) is 0 Å². The summed E-state index contributed by atoms with van der Waals surface area (Å²) in [4.78, 5) is 68.6. The highest BCUT2D eigenvalue weighted by Gasteiger charge is 2.31. The van der Waals surface area contributed by atoms with Crippen molar-refractivity contribution in [2.24, 2.45) is 0 Å². The van der Waals surface area contributed by atoms with E-state index in [0.717, 1.165) is 61.9 Å². The number of hydrogen-bond acceptors (Lipinski definition) is 9. The van der Waals surface area contributed by atoms with Gasteiger partial charge in [-0.05, 0) is 80.0 Å². The number of rotatable bonds is 15. The van der Waals surface area contributed by atoms with Crippen LogP contribution in [0.3, 0.4) is 0 Å². The van der Waals surface area contributed by atoms with Crippen LogP contribution >= 0.6 is 0 Å². The second kappa shape index (κ2) is 16.6. The highest BCUT2D eigenvalue weighted by molar-refractivity contribution is 6.07. The van der Waals surface area contributed by atoms with E-state index in [1.54, 1.807) is 16.0 Å². The molecule has 3 aromatic carbocycles. The van der Waals surface area contributed by atoms with E-state index in [0.29, 0.717) is 31.1 Å². The molecule has 1 aliphatic heterocycles. The number of imidazole rings is 2. The van der Waals surface area contributed by atoms with Gasteiger partial charge in [0.1, 0.15) is 36.6 Å². The van der Waals surface area contributed by atoms with Crippen LogP contribution in [0, 0.1) is 0 Å². The molecule has 290 valence electrons. The zero-order valence-corrected chi connectivity index (χ0v) is 31.9. The van der Waals surface area contributed by atoms with E-state index >= 15 is 0 Å². The lowest BCUT2D eigenvalue weighted by Gasteiger charge is -2.32. The van der Waals surface area contributed by atoms with Crippen LogP contribution in [-0.2, 0) is 38.8 Å². The van der Waals surface area contributed by atoms with Crippen molar-refractivity contribution < 1.29 is 33.8 Å². The summed E-state index contributed by atoms with van der Waals surface area (Å²) in [6.07, 6.45) is 1.85. The SMILES string of the molecule is CC[C@H](C)N(Cc1nc2ccc3cc4c(cc3c2[nH]1)OCc1cc(-c2cnc(CN(C(=O)C(NC=O)C(C)O)[C@@H](C)CC)[nH]2)ccc1-4)C(=O)CNC(=O)OC. The molecular weight excluding hydrogens is 704 g/mol. The van der Waals surface area contributed by atoms with Crippen molar-refractivity contribution in [3.05, 3.63) is 65.9 Å². The number of aromatic amines is 2. The molecule has 0 bridgehead atoms.